The fourth-order valence-corrected chi connectivity index (χ4v) is 3.11. The molecule has 0 spiro atoms. The highest BCUT2D eigenvalue weighted by atomic mass is 35.5. The van der Waals surface area contributed by atoms with Crippen LogP contribution in [0.1, 0.15) is 5.82 Å². The van der Waals surface area contributed by atoms with Crippen molar-refractivity contribution in [3.63, 3.8) is 0 Å². The Kier molecular flexibility index (Phi) is 5.65. The Bertz CT molecular complexity index is 1020. The number of aromatic nitrogens is 2. The Morgan fingerprint density at radius 3 is 2.46 bits per heavy atom. The van der Waals surface area contributed by atoms with Crippen LogP contribution in [0.15, 0.2) is 66.3 Å². The van der Waals surface area contributed by atoms with Crippen LogP contribution in [0, 0.1) is 6.92 Å². The Morgan fingerprint density at radius 2 is 1.86 bits per heavy atom. The number of imidazole rings is 1. The number of benzene rings is 1. The van der Waals surface area contributed by atoms with E-state index in [4.69, 9.17) is 21.1 Å². The molecule has 3 rings (SSSR count). The predicted octanol–water partition coefficient (Wildman–Crippen LogP) is 3.32. The van der Waals surface area contributed by atoms with Gasteiger partial charge in [-0.15, -0.1) is 0 Å². The molecule has 0 saturated heterocycles. The van der Waals surface area contributed by atoms with E-state index < -0.39 is 11.9 Å². The SMILES string of the molecule is COC(=O)C1=C(C(=O)OC)N(c2ccc(-n3ccnc3C)c(Cl)c2)C=CC=C1. The first-order valence-corrected chi connectivity index (χ1v) is 8.70. The lowest BCUT2D eigenvalue weighted by Gasteiger charge is -2.23. The Balaban J connectivity index is 2.12. The summed E-state index contributed by atoms with van der Waals surface area (Å²) in [6.45, 7) is 1.87. The lowest BCUT2D eigenvalue weighted by atomic mass is 10.1. The summed E-state index contributed by atoms with van der Waals surface area (Å²) in [7, 11) is 2.50. The maximum Gasteiger partial charge on any atom is 0.355 e. The van der Waals surface area contributed by atoms with Crippen molar-refractivity contribution in [3.05, 3.63) is 77.1 Å². The summed E-state index contributed by atoms with van der Waals surface area (Å²) in [5.41, 5.74) is 1.43. The number of anilines is 1. The van der Waals surface area contributed by atoms with Gasteiger partial charge in [-0.25, -0.2) is 14.6 Å². The molecule has 0 aliphatic carbocycles. The molecule has 8 heteroatoms. The van der Waals surface area contributed by atoms with E-state index in [0.717, 1.165) is 11.5 Å². The zero-order chi connectivity index (χ0) is 20.3. The van der Waals surface area contributed by atoms with E-state index in [0.29, 0.717) is 10.7 Å². The van der Waals surface area contributed by atoms with Crippen LogP contribution in [0.3, 0.4) is 0 Å². The molecule has 0 bridgehead atoms. The van der Waals surface area contributed by atoms with Crippen molar-refractivity contribution in [2.45, 2.75) is 6.92 Å². The Labute approximate surface area is 167 Å². The number of hydrogen-bond donors (Lipinski definition) is 0. The van der Waals surface area contributed by atoms with Gasteiger partial charge >= 0.3 is 11.9 Å². The second kappa shape index (κ2) is 8.14. The minimum absolute atomic E-state index is 0.0296. The van der Waals surface area contributed by atoms with E-state index >= 15 is 0 Å². The molecule has 0 unspecified atom stereocenters. The molecule has 0 radical (unpaired) electrons. The predicted molar refractivity (Wildman–Crippen MR) is 105 cm³/mol. The molecule has 0 atom stereocenters. The van der Waals surface area contributed by atoms with Crippen LogP contribution < -0.4 is 4.90 Å². The van der Waals surface area contributed by atoms with Crippen molar-refractivity contribution in [1.29, 1.82) is 0 Å². The number of esters is 2. The number of methoxy groups -OCH3 is 2. The maximum atomic E-state index is 12.5. The Hall–Kier alpha value is -3.32. The summed E-state index contributed by atoms with van der Waals surface area (Å²) < 4.78 is 11.6. The van der Waals surface area contributed by atoms with Gasteiger partial charge in [0, 0.05) is 24.3 Å². The molecule has 7 nitrogen and oxygen atoms in total. The highest BCUT2D eigenvalue weighted by molar-refractivity contribution is 6.32. The molecule has 0 fully saturated rings. The van der Waals surface area contributed by atoms with Crippen molar-refractivity contribution in [1.82, 2.24) is 9.55 Å². The van der Waals surface area contributed by atoms with E-state index in [1.54, 1.807) is 42.9 Å². The van der Waals surface area contributed by atoms with E-state index in [-0.39, 0.29) is 11.3 Å². The van der Waals surface area contributed by atoms with Crippen molar-refractivity contribution in [2.75, 3.05) is 19.1 Å². The molecule has 0 amide bonds. The van der Waals surface area contributed by atoms with Gasteiger partial charge in [-0.3, -0.25) is 0 Å². The topological polar surface area (TPSA) is 73.7 Å². The Morgan fingerprint density at radius 1 is 1.11 bits per heavy atom. The second-order valence-corrected chi connectivity index (χ2v) is 6.20. The van der Waals surface area contributed by atoms with Gasteiger partial charge in [-0.1, -0.05) is 17.7 Å². The lowest BCUT2D eigenvalue weighted by Crippen LogP contribution is -2.27. The van der Waals surface area contributed by atoms with Crippen LogP contribution >= 0.6 is 11.6 Å². The first kappa shape index (κ1) is 19.4. The highest BCUT2D eigenvalue weighted by Gasteiger charge is 2.27. The van der Waals surface area contributed by atoms with Crippen LogP contribution in [0.4, 0.5) is 5.69 Å². The monoisotopic (exact) mass is 399 g/mol. The van der Waals surface area contributed by atoms with Crippen LogP contribution in [-0.4, -0.2) is 35.7 Å². The number of aryl methyl sites for hydroxylation is 1. The largest absolute Gasteiger partial charge is 0.465 e. The van der Waals surface area contributed by atoms with Gasteiger partial charge in [0.2, 0.25) is 0 Å². The fraction of sp³-hybridized carbons (Fsp3) is 0.150. The van der Waals surface area contributed by atoms with Crippen molar-refractivity contribution in [2.24, 2.45) is 0 Å². The van der Waals surface area contributed by atoms with Gasteiger partial charge in [-0.05, 0) is 37.3 Å². The summed E-state index contributed by atoms with van der Waals surface area (Å²) in [6, 6.07) is 5.29. The fourth-order valence-electron chi connectivity index (χ4n) is 2.84. The number of carbonyl (C=O) groups excluding carboxylic acids is 2. The van der Waals surface area contributed by atoms with E-state index in [9.17, 15) is 9.59 Å². The molecule has 1 aromatic heterocycles. The molecule has 0 saturated carbocycles. The third-order valence-corrected chi connectivity index (χ3v) is 4.49. The summed E-state index contributed by atoms with van der Waals surface area (Å²) >= 11 is 6.50. The number of carbonyl (C=O) groups is 2. The molecular weight excluding hydrogens is 382 g/mol. The van der Waals surface area contributed by atoms with Crippen LogP contribution in [0.25, 0.3) is 5.69 Å². The number of hydrogen-bond acceptors (Lipinski definition) is 6. The lowest BCUT2D eigenvalue weighted by molar-refractivity contribution is -0.139. The summed E-state index contributed by atoms with van der Waals surface area (Å²) in [5, 5.41) is 0.452. The van der Waals surface area contributed by atoms with Gasteiger partial charge in [-0.2, -0.15) is 0 Å². The van der Waals surface area contributed by atoms with Crippen molar-refractivity contribution < 1.29 is 19.1 Å². The molecular formula is C20H18ClN3O4. The van der Waals surface area contributed by atoms with Crippen LogP contribution in [0.2, 0.25) is 5.02 Å². The molecule has 1 aliphatic rings. The number of allylic oxidation sites excluding steroid dienone is 2. The minimum Gasteiger partial charge on any atom is -0.465 e. The van der Waals surface area contributed by atoms with Gasteiger partial charge in [0.15, 0.2) is 0 Å². The molecule has 2 heterocycles. The molecule has 2 aromatic rings. The first-order chi connectivity index (χ1) is 13.5. The third-order valence-electron chi connectivity index (χ3n) is 4.18. The van der Waals surface area contributed by atoms with E-state index in [2.05, 4.69) is 4.98 Å². The molecule has 0 N–H and O–H groups in total. The van der Waals surface area contributed by atoms with Gasteiger partial charge in [0.25, 0.3) is 0 Å². The number of ether oxygens (including phenoxy) is 2. The van der Waals surface area contributed by atoms with Gasteiger partial charge in [0.1, 0.15) is 11.5 Å². The zero-order valence-corrected chi connectivity index (χ0v) is 16.3. The normalized spacial score (nSPS) is 13.5. The maximum absolute atomic E-state index is 12.5. The molecule has 144 valence electrons. The van der Waals surface area contributed by atoms with Gasteiger partial charge < -0.3 is 18.9 Å². The van der Waals surface area contributed by atoms with E-state index in [1.165, 1.54) is 25.2 Å². The number of halogens is 1. The first-order valence-electron chi connectivity index (χ1n) is 8.32. The average Bonchev–Trinajstić information content (AvgIpc) is 2.99. The average molecular weight is 400 g/mol. The van der Waals surface area contributed by atoms with Crippen molar-refractivity contribution in [3.8, 4) is 5.69 Å². The summed E-state index contributed by atoms with van der Waals surface area (Å²) in [6.07, 6.45) is 9.97. The molecule has 1 aliphatic heterocycles. The number of nitrogens with zero attached hydrogens (tertiary/aromatic N) is 3. The third kappa shape index (κ3) is 3.57. The highest BCUT2D eigenvalue weighted by Crippen LogP contribution is 2.31. The second-order valence-electron chi connectivity index (χ2n) is 5.80. The summed E-state index contributed by atoms with van der Waals surface area (Å²) in [5.74, 6) is -0.541. The van der Waals surface area contributed by atoms with E-state index in [1.807, 2.05) is 17.6 Å². The van der Waals surface area contributed by atoms with Gasteiger partial charge in [0.05, 0.1) is 30.5 Å². The smallest absolute Gasteiger partial charge is 0.355 e. The van der Waals surface area contributed by atoms with Crippen LogP contribution in [-0.2, 0) is 19.1 Å². The minimum atomic E-state index is -0.678. The number of rotatable bonds is 4. The quantitative estimate of drug-likeness (QED) is 0.734. The van der Waals surface area contributed by atoms with Crippen LogP contribution in [0.5, 0.6) is 0 Å². The standard InChI is InChI=1S/C20H18ClN3O4/c1-13-22-9-11-23(13)17-8-7-14(12-16(17)21)24-10-5-4-6-15(19(25)27-2)18(24)20(26)28-3/h4-12H,1-3H3. The summed E-state index contributed by atoms with van der Waals surface area (Å²) in [4.78, 5) is 30.4. The molecule has 28 heavy (non-hydrogen) atoms. The molecule has 1 aromatic carbocycles. The van der Waals surface area contributed by atoms with Crippen molar-refractivity contribution >= 4 is 29.2 Å². The zero-order valence-electron chi connectivity index (χ0n) is 15.5.